The molecule has 0 saturated heterocycles. The van der Waals surface area contributed by atoms with Crippen LogP contribution in [-0.4, -0.2) is 17.6 Å². The molecule has 1 rings (SSSR count). The molecular formula is C10H12N2O2S. The van der Waals surface area contributed by atoms with Crippen LogP contribution in [-0.2, 0) is 4.84 Å². The highest BCUT2D eigenvalue weighted by Gasteiger charge is 2.06. The Labute approximate surface area is 93.6 Å². The van der Waals surface area contributed by atoms with Crippen LogP contribution >= 0.6 is 12.2 Å². The summed E-state index contributed by atoms with van der Waals surface area (Å²) in [5.41, 5.74) is 2.83. The number of carbonyl (C=O) groups is 1. The van der Waals surface area contributed by atoms with Crippen molar-refractivity contribution >= 4 is 23.3 Å². The van der Waals surface area contributed by atoms with Gasteiger partial charge < -0.3 is 10.2 Å². The van der Waals surface area contributed by atoms with Crippen LogP contribution in [0.25, 0.3) is 0 Å². The van der Waals surface area contributed by atoms with Gasteiger partial charge in [0.15, 0.2) is 5.11 Å². The average Bonchev–Trinajstić information content (AvgIpc) is 2.27. The molecule has 0 aliphatic carbocycles. The average molecular weight is 224 g/mol. The number of nitrogens with one attached hydrogen (secondary N) is 2. The van der Waals surface area contributed by atoms with Crippen molar-refractivity contribution in [1.29, 1.82) is 0 Å². The van der Waals surface area contributed by atoms with Crippen LogP contribution in [0.2, 0.25) is 0 Å². The molecule has 0 heterocycles. The van der Waals surface area contributed by atoms with Crippen molar-refractivity contribution in [3.63, 3.8) is 0 Å². The number of rotatable bonds is 2. The Balaban J connectivity index is 2.40. The highest BCUT2D eigenvalue weighted by molar-refractivity contribution is 7.80. The molecule has 80 valence electrons. The molecule has 4 nitrogen and oxygen atoms in total. The SMILES string of the molecule is CCNC(=S)NOC(=O)c1ccccc1. The van der Waals surface area contributed by atoms with Crippen molar-refractivity contribution in [2.24, 2.45) is 0 Å². The molecule has 0 fully saturated rings. The Hall–Kier alpha value is -1.62. The monoisotopic (exact) mass is 224 g/mol. The van der Waals surface area contributed by atoms with Crippen LogP contribution in [0, 0.1) is 0 Å². The van der Waals surface area contributed by atoms with Crippen LogP contribution in [0.3, 0.4) is 0 Å². The molecular weight excluding hydrogens is 212 g/mol. The Morgan fingerprint density at radius 3 is 2.67 bits per heavy atom. The largest absolute Gasteiger partial charge is 0.362 e. The molecule has 5 heteroatoms. The van der Waals surface area contributed by atoms with Crippen molar-refractivity contribution in [2.75, 3.05) is 6.54 Å². The lowest BCUT2D eigenvalue weighted by atomic mass is 10.2. The number of thiocarbonyl (C=S) groups is 1. The third kappa shape index (κ3) is 3.95. The molecule has 0 spiro atoms. The molecule has 0 atom stereocenters. The molecule has 0 amide bonds. The molecule has 1 aromatic carbocycles. The topological polar surface area (TPSA) is 50.4 Å². The number of benzene rings is 1. The van der Waals surface area contributed by atoms with Gasteiger partial charge in [-0.25, -0.2) is 4.79 Å². The summed E-state index contributed by atoms with van der Waals surface area (Å²) in [6.45, 7) is 2.57. The first-order valence-electron chi connectivity index (χ1n) is 4.54. The molecule has 0 saturated carbocycles. The zero-order chi connectivity index (χ0) is 11.1. The van der Waals surface area contributed by atoms with Crippen molar-refractivity contribution in [2.45, 2.75) is 6.92 Å². The van der Waals surface area contributed by atoms with E-state index in [9.17, 15) is 4.79 Å². The predicted octanol–water partition coefficient (Wildman–Crippen LogP) is 1.24. The van der Waals surface area contributed by atoms with Crippen molar-refractivity contribution in [3.8, 4) is 0 Å². The molecule has 0 unspecified atom stereocenters. The first kappa shape index (κ1) is 11.5. The summed E-state index contributed by atoms with van der Waals surface area (Å²) in [5, 5.41) is 3.09. The summed E-state index contributed by atoms with van der Waals surface area (Å²) in [7, 11) is 0. The van der Waals surface area contributed by atoms with Crippen LogP contribution in [0.4, 0.5) is 0 Å². The molecule has 0 bridgehead atoms. The molecule has 0 aliphatic heterocycles. The Morgan fingerprint density at radius 2 is 2.07 bits per heavy atom. The molecule has 0 radical (unpaired) electrons. The fourth-order valence-corrected chi connectivity index (χ4v) is 1.11. The van der Waals surface area contributed by atoms with Gasteiger partial charge >= 0.3 is 5.97 Å². The predicted molar refractivity (Wildman–Crippen MR) is 61.3 cm³/mol. The van der Waals surface area contributed by atoms with Crippen LogP contribution in [0.5, 0.6) is 0 Å². The van der Waals surface area contributed by atoms with Gasteiger partial charge in [0, 0.05) is 6.54 Å². The molecule has 0 aliphatic rings. The third-order valence-corrected chi connectivity index (χ3v) is 1.81. The van der Waals surface area contributed by atoms with Gasteiger partial charge in [-0.3, -0.25) is 0 Å². The lowest BCUT2D eigenvalue weighted by Gasteiger charge is -2.07. The zero-order valence-electron chi connectivity index (χ0n) is 8.32. The van der Waals surface area contributed by atoms with E-state index in [0.717, 1.165) is 0 Å². The minimum absolute atomic E-state index is 0.293. The van der Waals surface area contributed by atoms with E-state index in [0.29, 0.717) is 17.2 Å². The van der Waals surface area contributed by atoms with E-state index >= 15 is 0 Å². The van der Waals surface area contributed by atoms with Gasteiger partial charge in [0.2, 0.25) is 0 Å². The summed E-state index contributed by atoms with van der Waals surface area (Å²) in [4.78, 5) is 16.1. The highest BCUT2D eigenvalue weighted by Crippen LogP contribution is 1.99. The Kier molecular flexibility index (Phi) is 4.56. The maximum Gasteiger partial charge on any atom is 0.362 e. The second-order valence-corrected chi connectivity index (χ2v) is 3.13. The fraction of sp³-hybridized carbons (Fsp3) is 0.200. The van der Waals surface area contributed by atoms with Crippen molar-refractivity contribution < 1.29 is 9.63 Å². The van der Waals surface area contributed by atoms with E-state index in [1.54, 1.807) is 24.3 Å². The van der Waals surface area contributed by atoms with Crippen molar-refractivity contribution in [1.82, 2.24) is 10.8 Å². The van der Waals surface area contributed by atoms with E-state index in [1.165, 1.54) is 0 Å². The maximum absolute atomic E-state index is 11.4. The Morgan fingerprint density at radius 1 is 1.40 bits per heavy atom. The summed E-state index contributed by atoms with van der Waals surface area (Å²) < 4.78 is 0. The summed E-state index contributed by atoms with van der Waals surface area (Å²) in [5.74, 6) is -0.462. The van der Waals surface area contributed by atoms with E-state index in [-0.39, 0.29) is 0 Å². The fourth-order valence-electron chi connectivity index (χ4n) is 0.923. The minimum Gasteiger partial charge on any atom is -0.361 e. The van der Waals surface area contributed by atoms with Gasteiger partial charge in [-0.2, -0.15) is 5.48 Å². The van der Waals surface area contributed by atoms with E-state index in [4.69, 9.17) is 17.1 Å². The van der Waals surface area contributed by atoms with Crippen molar-refractivity contribution in [3.05, 3.63) is 35.9 Å². The molecule has 0 aromatic heterocycles. The lowest BCUT2D eigenvalue weighted by molar-refractivity contribution is 0.0385. The number of hydroxylamine groups is 1. The van der Waals surface area contributed by atoms with Gasteiger partial charge in [0.1, 0.15) is 0 Å². The first-order valence-corrected chi connectivity index (χ1v) is 4.95. The second kappa shape index (κ2) is 5.98. The van der Waals surface area contributed by atoms with Gasteiger partial charge in [-0.15, -0.1) is 0 Å². The third-order valence-electron chi connectivity index (χ3n) is 1.58. The second-order valence-electron chi connectivity index (χ2n) is 2.72. The van der Waals surface area contributed by atoms with Crippen LogP contribution < -0.4 is 10.8 Å². The summed E-state index contributed by atoms with van der Waals surface area (Å²) in [6.07, 6.45) is 0. The maximum atomic E-state index is 11.4. The van der Waals surface area contributed by atoms with Gasteiger partial charge in [0.25, 0.3) is 0 Å². The molecule has 2 N–H and O–H groups in total. The molecule has 15 heavy (non-hydrogen) atoms. The summed E-state index contributed by atoms with van der Waals surface area (Å²) in [6, 6.07) is 8.69. The Bertz CT molecular complexity index is 341. The quantitative estimate of drug-likeness (QED) is 0.585. The van der Waals surface area contributed by atoms with E-state index < -0.39 is 5.97 Å². The smallest absolute Gasteiger partial charge is 0.361 e. The summed E-state index contributed by atoms with van der Waals surface area (Å²) >= 11 is 4.82. The number of carbonyl (C=O) groups excluding carboxylic acids is 1. The van der Waals surface area contributed by atoms with E-state index in [2.05, 4.69) is 10.8 Å². The minimum atomic E-state index is -0.462. The zero-order valence-corrected chi connectivity index (χ0v) is 9.14. The van der Waals surface area contributed by atoms with Crippen LogP contribution in [0.15, 0.2) is 30.3 Å². The number of hydrogen-bond donors (Lipinski definition) is 2. The standard InChI is InChI=1S/C10H12N2O2S/c1-2-11-10(15)12-14-9(13)8-6-4-3-5-7-8/h3-7H,2H2,1H3,(H2,11,12,15). The van der Waals surface area contributed by atoms with E-state index in [1.807, 2.05) is 13.0 Å². The van der Waals surface area contributed by atoms with Gasteiger partial charge in [-0.1, -0.05) is 18.2 Å². The normalized spacial score (nSPS) is 9.13. The number of hydrogen-bond acceptors (Lipinski definition) is 3. The van der Waals surface area contributed by atoms with Gasteiger partial charge in [-0.05, 0) is 31.3 Å². The van der Waals surface area contributed by atoms with Crippen LogP contribution in [0.1, 0.15) is 17.3 Å². The molecule has 1 aromatic rings. The van der Waals surface area contributed by atoms with Gasteiger partial charge in [0.05, 0.1) is 5.56 Å². The lowest BCUT2D eigenvalue weighted by Crippen LogP contribution is -2.36. The first-order chi connectivity index (χ1) is 7.24. The highest BCUT2D eigenvalue weighted by atomic mass is 32.1.